The second-order valence-corrected chi connectivity index (χ2v) is 6.62. The summed E-state index contributed by atoms with van der Waals surface area (Å²) in [6.45, 7) is 13.5. The van der Waals surface area contributed by atoms with Crippen molar-refractivity contribution in [3.8, 4) is 0 Å². The summed E-state index contributed by atoms with van der Waals surface area (Å²) < 4.78 is 0. The zero-order chi connectivity index (χ0) is 16.7. The van der Waals surface area contributed by atoms with E-state index in [1.807, 2.05) is 4.81 Å². The van der Waals surface area contributed by atoms with Crippen LogP contribution >= 0.6 is 0 Å². The van der Waals surface area contributed by atoms with Crippen LogP contribution in [0, 0.1) is 41.5 Å². The summed E-state index contributed by atoms with van der Waals surface area (Å²) in [6.07, 6.45) is 0. The maximum absolute atomic E-state index is 4.67. The van der Waals surface area contributed by atoms with Gasteiger partial charge in [-0.15, -0.1) is 0 Å². The Bertz CT molecular complexity index is 759. The SMILES string of the molecule is Cc1cc(C)c(N2CN=[N+](c3c(C)cc(C)cc3C)N2)c(C)c1. The maximum Gasteiger partial charge on any atom is 0.272 e. The molecular weight excluding hydrogens is 284 g/mol. The molecule has 0 aliphatic carbocycles. The number of azo groups is 1. The molecule has 2 aromatic rings. The highest BCUT2D eigenvalue weighted by atomic mass is 15.8. The fourth-order valence-corrected chi connectivity index (χ4v) is 3.65. The lowest BCUT2D eigenvalue weighted by molar-refractivity contribution is -0.560. The first-order chi connectivity index (χ1) is 10.9. The minimum atomic E-state index is 0.609. The summed E-state index contributed by atoms with van der Waals surface area (Å²) in [4.78, 5) is 1.91. The Kier molecular flexibility index (Phi) is 3.84. The van der Waals surface area contributed by atoms with Gasteiger partial charge in [0, 0.05) is 16.2 Å². The maximum atomic E-state index is 4.67. The number of hydrazine groups is 2. The van der Waals surface area contributed by atoms with Crippen molar-refractivity contribution in [1.29, 1.82) is 0 Å². The molecule has 0 saturated heterocycles. The molecule has 0 spiro atoms. The van der Waals surface area contributed by atoms with Crippen LogP contribution in [-0.2, 0) is 0 Å². The van der Waals surface area contributed by atoms with E-state index >= 15 is 0 Å². The van der Waals surface area contributed by atoms with Crippen molar-refractivity contribution in [2.24, 2.45) is 5.11 Å². The summed E-state index contributed by atoms with van der Waals surface area (Å²) in [5.74, 6) is 0. The molecular formula is C19H25N4+. The van der Waals surface area contributed by atoms with Gasteiger partial charge in [0.1, 0.15) is 0 Å². The molecule has 2 aromatic carbocycles. The molecule has 0 saturated carbocycles. The van der Waals surface area contributed by atoms with E-state index in [9.17, 15) is 0 Å². The molecule has 0 bridgehead atoms. The van der Waals surface area contributed by atoms with Gasteiger partial charge in [0.15, 0.2) is 0 Å². The van der Waals surface area contributed by atoms with Crippen LogP contribution in [0.5, 0.6) is 0 Å². The van der Waals surface area contributed by atoms with Gasteiger partial charge < -0.3 is 0 Å². The highest BCUT2D eigenvalue weighted by molar-refractivity contribution is 5.59. The Morgan fingerprint density at radius 2 is 1.30 bits per heavy atom. The van der Waals surface area contributed by atoms with E-state index in [1.165, 1.54) is 39.1 Å². The van der Waals surface area contributed by atoms with Crippen LogP contribution in [0.25, 0.3) is 0 Å². The van der Waals surface area contributed by atoms with Gasteiger partial charge in [-0.2, -0.15) is 0 Å². The third kappa shape index (κ3) is 2.81. The Morgan fingerprint density at radius 1 is 0.826 bits per heavy atom. The number of aryl methyl sites for hydroxylation is 6. The van der Waals surface area contributed by atoms with Gasteiger partial charge >= 0.3 is 0 Å². The van der Waals surface area contributed by atoms with Crippen LogP contribution in [0.15, 0.2) is 29.4 Å². The number of rotatable bonds is 2. The van der Waals surface area contributed by atoms with E-state index in [1.54, 1.807) is 0 Å². The molecule has 23 heavy (non-hydrogen) atoms. The van der Waals surface area contributed by atoms with E-state index < -0.39 is 0 Å². The summed E-state index contributed by atoms with van der Waals surface area (Å²) >= 11 is 0. The fraction of sp³-hybridized carbons (Fsp3) is 0.368. The first-order valence-electron chi connectivity index (χ1n) is 8.04. The van der Waals surface area contributed by atoms with Gasteiger partial charge in [-0.05, 0) is 64.8 Å². The van der Waals surface area contributed by atoms with Gasteiger partial charge in [0.2, 0.25) is 6.67 Å². The average Bonchev–Trinajstić information content (AvgIpc) is 2.85. The summed E-state index contributed by atoms with van der Waals surface area (Å²) in [5.41, 5.74) is 13.4. The molecule has 1 aliphatic rings. The standard InChI is InChI=1S/C19H25N4/c1-12-7-14(3)18(15(4)8-12)22-11-20-23(21-22)19-16(5)9-13(2)10-17(19)6/h7-10H,11H2,1-6H3,(H,20,21)/q+1. The summed E-state index contributed by atoms with van der Waals surface area (Å²) in [6, 6.07) is 8.83. The van der Waals surface area contributed by atoms with Crippen molar-refractivity contribution >= 4 is 11.4 Å². The molecule has 1 heterocycles. The third-order valence-corrected chi connectivity index (χ3v) is 4.31. The second kappa shape index (κ2) is 5.69. The van der Waals surface area contributed by atoms with E-state index in [-0.39, 0.29) is 0 Å². The number of nitrogens with one attached hydrogen (secondary N) is 1. The minimum absolute atomic E-state index is 0.609. The van der Waals surface area contributed by atoms with Crippen LogP contribution in [-0.4, -0.2) is 11.5 Å². The van der Waals surface area contributed by atoms with Crippen LogP contribution in [0.2, 0.25) is 0 Å². The van der Waals surface area contributed by atoms with Crippen molar-refractivity contribution in [2.75, 3.05) is 11.7 Å². The first-order valence-corrected chi connectivity index (χ1v) is 8.04. The zero-order valence-corrected chi connectivity index (χ0v) is 14.9. The lowest BCUT2D eigenvalue weighted by Gasteiger charge is -2.19. The highest BCUT2D eigenvalue weighted by Gasteiger charge is 2.29. The van der Waals surface area contributed by atoms with Gasteiger partial charge in [-0.3, -0.25) is 0 Å². The summed E-state index contributed by atoms with van der Waals surface area (Å²) in [5, 5.41) is 6.78. The molecule has 0 unspecified atom stereocenters. The molecule has 4 heteroatoms. The Morgan fingerprint density at radius 3 is 1.83 bits per heavy atom. The van der Waals surface area contributed by atoms with Crippen molar-refractivity contribution in [3.63, 3.8) is 0 Å². The monoisotopic (exact) mass is 309 g/mol. The predicted octanol–water partition coefficient (Wildman–Crippen LogP) is 4.53. The van der Waals surface area contributed by atoms with E-state index in [0.717, 1.165) is 5.69 Å². The molecule has 0 aromatic heterocycles. The topological polar surface area (TPSA) is 30.6 Å². The number of hydrogen-bond acceptors (Lipinski definition) is 3. The van der Waals surface area contributed by atoms with Gasteiger partial charge in [-0.25, -0.2) is 5.01 Å². The zero-order valence-electron chi connectivity index (χ0n) is 14.9. The van der Waals surface area contributed by atoms with Crippen molar-refractivity contribution in [1.82, 2.24) is 5.53 Å². The van der Waals surface area contributed by atoms with Gasteiger partial charge in [0.05, 0.1) is 10.5 Å². The average molecular weight is 309 g/mol. The molecule has 4 nitrogen and oxygen atoms in total. The molecule has 3 rings (SSSR count). The van der Waals surface area contributed by atoms with Gasteiger partial charge in [0.25, 0.3) is 5.69 Å². The molecule has 0 fully saturated rings. The normalized spacial score (nSPS) is 14.0. The van der Waals surface area contributed by atoms with Crippen LogP contribution in [0.4, 0.5) is 11.4 Å². The molecule has 1 N–H and O–H groups in total. The molecule has 1 aliphatic heterocycles. The van der Waals surface area contributed by atoms with E-state index in [2.05, 4.69) is 81.5 Å². The summed E-state index contributed by atoms with van der Waals surface area (Å²) in [7, 11) is 0. The van der Waals surface area contributed by atoms with E-state index in [0.29, 0.717) is 6.67 Å². The Labute approximate surface area is 138 Å². The number of nitrogens with zero attached hydrogens (tertiary/aromatic N) is 3. The predicted molar refractivity (Wildman–Crippen MR) is 94.1 cm³/mol. The van der Waals surface area contributed by atoms with Crippen LogP contribution in [0.1, 0.15) is 33.4 Å². The largest absolute Gasteiger partial charge is 0.272 e. The quantitative estimate of drug-likeness (QED) is 0.826. The lowest BCUT2D eigenvalue weighted by Crippen LogP contribution is -2.37. The fourth-order valence-electron chi connectivity index (χ4n) is 3.65. The second-order valence-electron chi connectivity index (χ2n) is 6.62. The highest BCUT2D eigenvalue weighted by Crippen LogP contribution is 2.30. The first kappa shape index (κ1) is 15.5. The number of hydrogen-bond donors (Lipinski definition) is 1. The van der Waals surface area contributed by atoms with E-state index in [4.69, 9.17) is 0 Å². The minimum Gasteiger partial charge on any atom is -0.210 e. The Hall–Kier alpha value is -2.36. The van der Waals surface area contributed by atoms with Crippen molar-refractivity contribution in [3.05, 3.63) is 57.6 Å². The van der Waals surface area contributed by atoms with Crippen LogP contribution < -0.4 is 10.5 Å². The number of anilines is 1. The van der Waals surface area contributed by atoms with Crippen molar-refractivity contribution < 1.29 is 4.81 Å². The molecule has 120 valence electrons. The van der Waals surface area contributed by atoms with Gasteiger partial charge in [-0.1, -0.05) is 28.8 Å². The Balaban J connectivity index is 1.93. The van der Waals surface area contributed by atoms with Crippen LogP contribution in [0.3, 0.4) is 0 Å². The smallest absolute Gasteiger partial charge is 0.210 e. The molecule has 0 radical (unpaired) electrons. The number of benzene rings is 2. The third-order valence-electron chi connectivity index (χ3n) is 4.31. The van der Waals surface area contributed by atoms with Crippen molar-refractivity contribution in [2.45, 2.75) is 41.5 Å². The molecule has 0 atom stereocenters. The molecule has 0 amide bonds. The lowest BCUT2D eigenvalue weighted by atomic mass is 10.1.